The smallest absolute Gasteiger partial charge is 0.151 e. The van der Waals surface area contributed by atoms with Gasteiger partial charge in [-0.3, -0.25) is 0 Å². The minimum atomic E-state index is -1.61. The Balaban J connectivity index is 4.21. The highest BCUT2D eigenvalue weighted by Crippen LogP contribution is 2.05. The Bertz CT molecular complexity index is 150. The van der Waals surface area contributed by atoms with Gasteiger partial charge in [-0.15, -0.1) is 0 Å². The molecule has 0 aliphatic rings. The van der Waals surface area contributed by atoms with E-state index in [2.05, 4.69) is 4.74 Å². The summed E-state index contributed by atoms with van der Waals surface area (Å²) >= 11 is 0. The van der Waals surface area contributed by atoms with Gasteiger partial charge in [0.15, 0.2) is 6.29 Å². The molecule has 0 amide bonds. The second-order valence-electron chi connectivity index (χ2n) is 2.57. The summed E-state index contributed by atoms with van der Waals surface area (Å²) in [5.74, 6) is 0. The molecule has 0 spiro atoms. The Morgan fingerprint density at radius 3 is 2.15 bits per heavy atom. The molecule has 13 heavy (non-hydrogen) atoms. The third-order valence-electron chi connectivity index (χ3n) is 1.67. The second kappa shape index (κ2) is 6.01. The van der Waals surface area contributed by atoms with Crippen molar-refractivity contribution < 1.29 is 30.0 Å². The molecule has 0 heterocycles. The summed E-state index contributed by atoms with van der Waals surface area (Å²) in [6.45, 7) is -0.701. The first-order chi connectivity index (χ1) is 6.08. The molecule has 0 aromatic rings. The van der Waals surface area contributed by atoms with Crippen LogP contribution in [0.1, 0.15) is 0 Å². The van der Waals surface area contributed by atoms with E-state index in [0.717, 1.165) is 0 Å². The predicted octanol–water partition coefficient (Wildman–Crippen LogP) is -2.72. The van der Waals surface area contributed by atoms with E-state index in [1.165, 1.54) is 7.11 Å². The van der Waals surface area contributed by atoms with Crippen LogP contribution >= 0.6 is 0 Å². The van der Waals surface area contributed by atoms with Crippen molar-refractivity contribution in [2.45, 2.75) is 24.4 Å². The van der Waals surface area contributed by atoms with E-state index in [4.69, 9.17) is 15.3 Å². The van der Waals surface area contributed by atoms with E-state index in [0.29, 0.717) is 6.29 Å². The summed E-state index contributed by atoms with van der Waals surface area (Å²) < 4.78 is 4.51. The van der Waals surface area contributed by atoms with Gasteiger partial charge < -0.3 is 30.0 Å². The molecular weight excluding hydrogens is 180 g/mol. The van der Waals surface area contributed by atoms with E-state index < -0.39 is 31.0 Å². The van der Waals surface area contributed by atoms with E-state index in [1.54, 1.807) is 0 Å². The highest BCUT2D eigenvalue weighted by molar-refractivity contribution is 5.57. The molecule has 0 radical (unpaired) electrons. The van der Waals surface area contributed by atoms with E-state index in [9.17, 15) is 9.90 Å². The Kier molecular flexibility index (Phi) is 5.76. The molecule has 4 atom stereocenters. The van der Waals surface area contributed by atoms with Gasteiger partial charge in [0.1, 0.15) is 24.4 Å². The van der Waals surface area contributed by atoms with Gasteiger partial charge in [-0.2, -0.15) is 0 Å². The van der Waals surface area contributed by atoms with E-state index in [-0.39, 0.29) is 0 Å². The van der Waals surface area contributed by atoms with Gasteiger partial charge in [0.2, 0.25) is 0 Å². The average Bonchev–Trinajstić information content (AvgIpc) is 2.17. The molecule has 0 bridgehead atoms. The number of rotatable bonds is 6. The summed E-state index contributed by atoms with van der Waals surface area (Å²) in [5.41, 5.74) is 0. The lowest BCUT2D eigenvalue weighted by atomic mass is 10.0. The van der Waals surface area contributed by atoms with Crippen molar-refractivity contribution in [2.75, 3.05) is 13.7 Å². The molecule has 0 aliphatic heterocycles. The zero-order valence-electron chi connectivity index (χ0n) is 7.20. The number of ether oxygens (including phenoxy) is 1. The van der Waals surface area contributed by atoms with Crippen molar-refractivity contribution in [3.05, 3.63) is 0 Å². The van der Waals surface area contributed by atoms with Crippen molar-refractivity contribution in [2.24, 2.45) is 0 Å². The molecule has 0 aromatic heterocycles. The number of aliphatic hydroxyl groups is 4. The van der Waals surface area contributed by atoms with Crippen molar-refractivity contribution in [3.63, 3.8) is 0 Å². The quantitative estimate of drug-likeness (QED) is 0.342. The van der Waals surface area contributed by atoms with Crippen LogP contribution in [0.3, 0.4) is 0 Å². The number of carbonyl (C=O) groups excluding carboxylic acids is 1. The highest BCUT2D eigenvalue weighted by Gasteiger charge is 2.30. The minimum Gasteiger partial charge on any atom is -0.394 e. The number of carbonyl (C=O) groups is 1. The van der Waals surface area contributed by atoms with Gasteiger partial charge in [-0.25, -0.2) is 0 Å². The van der Waals surface area contributed by atoms with Crippen LogP contribution in [0.4, 0.5) is 0 Å². The molecule has 6 nitrogen and oxygen atoms in total. The third kappa shape index (κ3) is 3.37. The Morgan fingerprint density at radius 2 is 1.85 bits per heavy atom. The fraction of sp³-hybridized carbons (Fsp3) is 0.857. The first kappa shape index (κ1) is 12.5. The van der Waals surface area contributed by atoms with Crippen LogP contribution in [0.25, 0.3) is 0 Å². The largest absolute Gasteiger partial charge is 0.394 e. The fourth-order valence-electron chi connectivity index (χ4n) is 0.805. The van der Waals surface area contributed by atoms with Crippen LogP contribution in [0.5, 0.6) is 0 Å². The maximum absolute atomic E-state index is 10.3. The lowest BCUT2D eigenvalue weighted by Crippen LogP contribution is -2.47. The first-order valence-electron chi connectivity index (χ1n) is 3.71. The van der Waals surface area contributed by atoms with Crippen LogP contribution in [0, 0.1) is 0 Å². The maximum atomic E-state index is 10.3. The number of hydrogen-bond donors (Lipinski definition) is 4. The predicted molar refractivity (Wildman–Crippen MR) is 42.0 cm³/mol. The summed E-state index contributed by atoms with van der Waals surface area (Å²) in [7, 11) is 1.18. The van der Waals surface area contributed by atoms with Gasteiger partial charge >= 0.3 is 0 Å². The molecule has 0 saturated heterocycles. The molecule has 6 heteroatoms. The molecule has 4 N–H and O–H groups in total. The van der Waals surface area contributed by atoms with Crippen molar-refractivity contribution in [1.29, 1.82) is 0 Å². The van der Waals surface area contributed by atoms with E-state index in [1.807, 2.05) is 0 Å². The first-order valence-corrected chi connectivity index (χ1v) is 3.71. The second-order valence-corrected chi connectivity index (χ2v) is 2.57. The topological polar surface area (TPSA) is 107 Å². The number of aliphatic hydroxyl groups excluding tert-OH is 4. The van der Waals surface area contributed by atoms with Gasteiger partial charge in [0, 0.05) is 7.11 Å². The zero-order valence-corrected chi connectivity index (χ0v) is 7.20. The molecule has 0 aromatic carbocycles. The Labute approximate surface area is 75.4 Å². The number of hydrogen-bond acceptors (Lipinski definition) is 6. The lowest BCUT2D eigenvalue weighted by Gasteiger charge is -2.24. The molecule has 0 saturated carbocycles. The average molecular weight is 194 g/mol. The third-order valence-corrected chi connectivity index (χ3v) is 1.67. The van der Waals surface area contributed by atoms with Gasteiger partial charge in [0.05, 0.1) is 6.61 Å². The number of aldehydes is 1. The highest BCUT2D eigenvalue weighted by atomic mass is 16.5. The van der Waals surface area contributed by atoms with Crippen LogP contribution < -0.4 is 0 Å². The Hall–Kier alpha value is -0.530. The summed E-state index contributed by atoms with van der Waals surface area (Å²) in [6, 6.07) is 0. The molecule has 0 rings (SSSR count). The van der Waals surface area contributed by atoms with Gasteiger partial charge in [-0.1, -0.05) is 0 Å². The zero-order chi connectivity index (χ0) is 10.4. The van der Waals surface area contributed by atoms with Gasteiger partial charge in [-0.05, 0) is 0 Å². The Morgan fingerprint density at radius 1 is 1.31 bits per heavy atom. The molecule has 0 fully saturated rings. The van der Waals surface area contributed by atoms with E-state index >= 15 is 0 Å². The SMILES string of the molecule is CO[C@H](C=O)[C@H](O)[C@H](O)[C@@H](O)CO. The maximum Gasteiger partial charge on any atom is 0.151 e. The molecule has 0 aliphatic carbocycles. The number of methoxy groups -OCH3 is 1. The molecule has 0 unspecified atom stereocenters. The van der Waals surface area contributed by atoms with Gasteiger partial charge in [0.25, 0.3) is 0 Å². The van der Waals surface area contributed by atoms with Crippen LogP contribution in [-0.2, 0) is 9.53 Å². The molecule has 78 valence electrons. The van der Waals surface area contributed by atoms with Crippen molar-refractivity contribution in [3.8, 4) is 0 Å². The normalized spacial score (nSPS) is 20.4. The summed E-state index contributed by atoms with van der Waals surface area (Å²) in [6.07, 6.45) is -5.56. The lowest BCUT2D eigenvalue weighted by molar-refractivity contribution is -0.141. The van der Waals surface area contributed by atoms with Crippen LogP contribution in [0.15, 0.2) is 0 Å². The van der Waals surface area contributed by atoms with Crippen molar-refractivity contribution in [1.82, 2.24) is 0 Å². The fourth-order valence-corrected chi connectivity index (χ4v) is 0.805. The van der Waals surface area contributed by atoms with Crippen LogP contribution in [-0.4, -0.2) is 64.8 Å². The van der Waals surface area contributed by atoms with Crippen molar-refractivity contribution >= 4 is 6.29 Å². The summed E-state index contributed by atoms with van der Waals surface area (Å²) in [4.78, 5) is 10.3. The standard InChI is InChI=1S/C7H14O6/c1-13-5(3-9)7(12)6(11)4(10)2-8/h3-8,10-12H,2H2,1H3/t4-,5+,6+,7-/m0/s1. The minimum absolute atomic E-state index is 0.304. The summed E-state index contributed by atoms with van der Waals surface area (Å²) in [5, 5.41) is 35.7. The van der Waals surface area contributed by atoms with Crippen LogP contribution in [0.2, 0.25) is 0 Å². The molecular formula is C7H14O6. The monoisotopic (exact) mass is 194 g/mol.